The van der Waals surface area contributed by atoms with E-state index < -0.39 is 0 Å². The number of esters is 1. The van der Waals surface area contributed by atoms with Crippen molar-refractivity contribution in [1.82, 2.24) is 19.4 Å². The van der Waals surface area contributed by atoms with Crippen LogP contribution in [0.15, 0.2) is 16.0 Å². The highest BCUT2D eigenvalue weighted by molar-refractivity contribution is 7.99. The van der Waals surface area contributed by atoms with Crippen LogP contribution in [0.3, 0.4) is 0 Å². The van der Waals surface area contributed by atoms with E-state index in [0.717, 1.165) is 18.5 Å². The van der Waals surface area contributed by atoms with Gasteiger partial charge in [-0.2, -0.15) is 0 Å². The smallest absolute Gasteiger partial charge is 0.309 e. The lowest BCUT2D eigenvalue weighted by Gasteiger charge is -2.30. The maximum absolute atomic E-state index is 12.9. The number of hydrogen-bond acceptors (Lipinski definition) is 6. The zero-order valence-electron chi connectivity index (χ0n) is 17.9. The number of nitrogens with zero attached hydrogens (tertiary/aromatic N) is 3. The second kappa shape index (κ2) is 10.1. The Labute approximate surface area is 180 Å². The SMILES string of the molecule is CCCCn1c(SCC(=O)N2CCC(C(=O)OCC)CC2)nc2cc(C)[nH]c2c1=O. The van der Waals surface area contributed by atoms with Crippen molar-refractivity contribution in [2.45, 2.75) is 58.2 Å². The third-order valence-electron chi connectivity index (χ3n) is 5.37. The van der Waals surface area contributed by atoms with E-state index in [1.807, 2.05) is 13.0 Å². The van der Waals surface area contributed by atoms with Crippen LogP contribution < -0.4 is 5.56 Å². The van der Waals surface area contributed by atoms with Gasteiger partial charge >= 0.3 is 5.97 Å². The minimum absolute atomic E-state index is 0.00365. The molecule has 30 heavy (non-hydrogen) atoms. The largest absolute Gasteiger partial charge is 0.466 e. The topological polar surface area (TPSA) is 97.3 Å². The van der Waals surface area contributed by atoms with Crippen LogP contribution in [0.25, 0.3) is 11.0 Å². The highest BCUT2D eigenvalue weighted by Gasteiger charge is 2.28. The number of unbranched alkanes of at least 4 members (excludes halogenated alkanes) is 1. The van der Waals surface area contributed by atoms with E-state index in [0.29, 0.717) is 55.3 Å². The molecular weight excluding hydrogens is 404 g/mol. The Bertz CT molecular complexity index is 960. The standard InChI is InChI=1S/C21H30N4O4S/c1-4-6-9-25-19(27)18-16(12-14(3)22-18)23-21(25)30-13-17(26)24-10-7-15(8-11-24)20(28)29-5-2/h12,15,22H,4-11,13H2,1-3H3. The van der Waals surface area contributed by atoms with Gasteiger partial charge in [0.2, 0.25) is 5.91 Å². The van der Waals surface area contributed by atoms with Crippen molar-refractivity contribution in [3.63, 3.8) is 0 Å². The molecule has 0 aliphatic carbocycles. The minimum Gasteiger partial charge on any atom is -0.466 e. The number of H-pyrrole nitrogens is 1. The second-order valence-corrected chi connectivity index (χ2v) is 8.56. The minimum atomic E-state index is -0.168. The zero-order chi connectivity index (χ0) is 21.7. The number of carbonyl (C=O) groups is 2. The molecule has 0 saturated carbocycles. The fourth-order valence-corrected chi connectivity index (χ4v) is 4.60. The highest BCUT2D eigenvalue weighted by atomic mass is 32.2. The van der Waals surface area contributed by atoms with Crippen molar-refractivity contribution in [2.24, 2.45) is 5.92 Å². The molecule has 0 unspecified atom stereocenters. The molecule has 164 valence electrons. The quantitative estimate of drug-likeness (QED) is 0.390. The molecule has 1 aliphatic rings. The number of thioether (sulfide) groups is 1. The van der Waals surface area contributed by atoms with Crippen molar-refractivity contribution < 1.29 is 14.3 Å². The summed E-state index contributed by atoms with van der Waals surface area (Å²) in [5.74, 6) is -0.0682. The Morgan fingerprint density at radius 3 is 2.70 bits per heavy atom. The summed E-state index contributed by atoms with van der Waals surface area (Å²) in [7, 11) is 0. The summed E-state index contributed by atoms with van der Waals surface area (Å²) in [5, 5.41) is 0.578. The maximum atomic E-state index is 12.9. The van der Waals surface area contributed by atoms with Gasteiger partial charge in [-0.05, 0) is 39.2 Å². The molecule has 3 rings (SSSR count). The van der Waals surface area contributed by atoms with Gasteiger partial charge in [0.25, 0.3) is 5.56 Å². The third-order valence-corrected chi connectivity index (χ3v) is 6.33. The Morgan fingerprint density at radius 2 is 2.03 bits per heavy atom. The molecule has 0 atom stereocenters. The van der Waals surface area contributed by atoms with Gasteiger partial charge in [-0.25, -0.2) is 4.98 Å². The molecule has 0 bridgehead atoms. The molecule has 0 spiro atoms. The Hall–Kier alpha value is -2.29. The van der Waals surface area contributed by atoms with Gasteiger partial charge in [0, 0.05) is 25.3 Å². The summed E-state index contributed by atoms with van der Waals surface area (Å²) in [6.07, 6.45) is 3.09. The van der Waals surface area contributed by atoms with Crippen LogP contribution in [0.1, 0.15) is 45.2 Å². The van der Waals surface area contributed by atoms with E-state index in [1.54, 1.807) is 16.4 Å². The van der Waals surface area contributed by atoms with Crippen LogP contribution in [0.5, 0.6) is 0 Å². The number of carbonyl (C=O) groups excluding carboxylic acids is 2. The number of piperidine rings is 1. The van der Waals surface area contributed by atoms with Gasteiger partial charge in [0.05, 0.1) is 23.8 Å². The van der Waals surface area contributed by atoms with Gasteiger partial charge in [-0.3, -0.25) is 19.0 Å². The van der Waals surface area contributed by atoms with Gasteiger partial charge < -0.3 is 14.6 Å². The Morgan fingerprint density at radius 1 is 1.30 bits per heavy atom. The number of aromatic amines is 1. The van der Waals surface area contributed by atoms with Gasteiger partial charge in [0.15, 0.2) is 5.16 Å². The molecular formula is C21H30N4O4S. The Balaban J connectivity index is 1.67. The molecule has 3 heterocycles. The number of likely N-dealkylation sites (tertiary alicyclic amines) is 1. The normalized spacial score (nSPS) is 15.0. The van der Waals surface area contributed by atoms with Crippen molar-refractivity contribution in [1.29, 1.82) is 0 Å². The summed E-state index contributed by atoms with van der Waals surface area (Å²) in [6, 6.07) is 1.85. The van der Waals surface area contributed by atoms with Crippen LogP contribution in [0.4, 0.5) is 0 Å². The first kappa shape index (κ1) is 22.4. The number of amides is 1. The fourth-order valence-electron chi connectivity index (χ4n) is 3.68. The number of aromatic nitrogens is 3. The summed E-state index contributed by atoms with van der Waals surface area (Å²) in [4.78, 5) is 47.0. The van der Waals surface area contributed by atoms with Gasteiger partial charge in [0.1, 0.15) is 5.52 Å². The highest BCUT2D eigenvalue weighted by Crippen LogP contribution is 2.22. The van der Waals surface area contributed by atoms with Crippen LogP contribution >= 0.6 is 11.8 Å². The predicted molar refractivity (Wildman–Crippen MR) is 117 cm³/mol. The van der Waals surface area contributed by atoms with Crippen molar-refractivity contribution >= 4 is 34.7 Å². The fraction of sp³-hybridized carbons (Fsp3) is 0.619. The van der Waals surface area contributed by atoms with Crippen molar-refractivity contribution in [3.8, 4) is 0 Å². The van der Waals surface area contributed by atoms with Crippen LogP contribution in [-0.4, -0.2) is 56.8 Å². The lowest BCUT2D eigenvalue weighted by molar-refractivity contribution is -0.151. The maximum Gasteiger partial charge on any atom is 0.309 e. The molecule has 9 heteroatoms. The third kappa shape index (κ3) is 5.06. The summed E-state index contributed by atoms with van der Waals surface area (Å²) >= 11 is 1.31. The number of hydrogen-bond donors (Lipinski definition) is 1. The molecule has 2 aromatic heterocycles. The van der Waals surface area contributed by atoms with Gasteiger partial charge in [-0.1, -0.05) is 25.1 Å². The van der Waals surface area contributed by atoms with Crippen molar-refractivity contribution in [2.75, 3.05) is 25.4 Å². The van der Waals surface area contributed by atoms with Crippen LogP contribution in [-0.2, 0) is 20.9 Å². The number of rotatable bonds is 8. The summed E-state index contributed by atoms with van der Waals surface area (Å²) in [6.45, 7) is 7.84. The average Bonchev–Trinajstić information content (AvgIpc) is 3.12. The molecule has 1 N–H and O–H groups in total. The molecule has 0 radical (unpaired) electrons. The van der Waals surface area contributed by atoms with E-state index in [2.05, 4.69) is 16.9 Å². The Kier molecular flexibility index (Phi) is 7.58. The number of aryl methyl sites for hydroxylation is 1. The molecule has 1 amide bonds. The van der Waals surface area contributed by atoms with Crippen LogP contribution in [0, 0.1) is 12.8 Å². The van der Waals surface area contributed by atoms with E-state index >= 15 is 0 Å². The van der Waals surface area contributed by atoms with E-state index in [1.165, 1.54) is 11.8 Å². The molecule has 1 fully saturated rings. The summed E-state index contributed by atoms with van der Waals surface area (Å²) in [5.41, 5.74) is 1.95. The first-order chi connectivity index (χ1) is 14.4. The lowest BCUT2D eigenvalue weighted by Crippen LogP contribution is -2.41. The van der Waals surface area contributed by atoms with Gasteiger partial charge in [-0.15, -0.1) is 0 Å². The lowest BCUT2D eigenvalue weighted by atomic mass is 9.97. The molecule has 1 saturated heterocycles. The molecule has 8 nitrogen and oxygen atoms in total. The first-order valence-corrected chi connectivity index (χ1v) is 11.6. The summed E-state index contributed by atoms with van der Waals surface area (Å²) < 4.78 is 6.76. The first-order valence-electron chi connectivity index (χ1n) is 10.6. The molecule has 1 aliphatic heterocycles. The monoisotopic (exact) mass is 434 g/mol. The second-order valence-electron chi connectivity index (χ2n) is 7.61. The number of nitrogens with one attached hydrogen (secondary N) is 1. The predicted octanol–water partition coefficient (Wildman–Crippen LogP) is 2.73. The van der Waals surface area contributed by atoms with Crippen molar-refractivity contribution in [3.05, 3.63) is 22.1 Å². The van der Waals surface area contributed by atoms with Crippen LogP contribution in [0.2, 0.25) is 0 Å². The molecule has 0 aromatic carbocycles. The van der Waals surface area contributed by atoms with E-state index in [9.17, 15) is 14.4 Å². The number of fused-ring (bicyclic) bond motifs is 1. The zero-order valence-corrected chi connectivity index (χ0v) is 18.7. The average molecular weight is 435 g/mol. The van der Waals surface area contributed by atoms with E-state index in [-0.39, 0.29) is 29.1 Å². The number of ether oxygens (including phenoxy) is 1. The van der Waals surface area contributed by atoms with E-state index in [4.69, 9.17) is 4.74 Å². The molecule has 2 aromatic rings.